The lowest BCUT2D eigenvalue weighted by Gasteiger charge is -2.04. The van der Waals surface area contributed by atoms with Gasteiger partial charge in [-0.15, -0.1) is 0 Å². The van der Waals surface area contributed by atoms with Crippen LogP contribution in [-0.4, -0.2) is 39.9 Å². The average molecular weight is 148 g/mol. The molecule has 0 aromatic rings. The summed E-state index contributed by atoms with van der Waals surface area (Å²) in [6.45, 7) is -0.444. The molecule has 0 aliphatic carbocycles. The molecule has 4 N–H and O–H groups in total. The van der Waals surface area contributed by atoms with Crippen molar-refractivity contribution in [3.8, 4) is 0 Å². The maximum atomic E-state index is 8.50. The Hall–Kier alpha value is -0.420. The molecule has 10 heavy (non-hydrogen) atoms. The molecule has 0 atom stereocenters. The quantitative estimate of drug-likeness (QED) is 0.292. The van der Waals surface area contributed by atoms with E-state index in [0.29, 0.717) is 5.57 Å². The first-order chi connectivity index (χ1) is 4.70. The Balaban J connectivity index is 3.71. The fourth-order valence-electron chi connectivity index (χ4n) is 0.576. The molecule has 0 rings (SSSR count). The van der Waals surface area contributed by atoms with Crippen molar-refractivity contribution in [3.05, 3.63) is 11.6 Å². The predicted molar refractivity (Wildman–Crippen MR) is 35.1 cm³/mol. The Bertz CT molecular complexity index is 108. The maximum Gasteiger partial charge on any atom is 0.155 e. The second-order valence-electron chi connectivity index (χ2n) is 1.89. The molecule has 0 saturated heterocycles. The molecule has 0 bridgehead atoms. The second-order valence-corrected chi connectivity index (χ2v) is 1.89. The third-order valence-electron chi connectivity index (χ3n) is 1.03. The van der Waals surface area contributed by atoms with Gasteiger partial charge in [0.2, 0.25) is 0 Å². The van der Waals surface area contributed by atoms with Gasteiger partial charge in [0.25, 0.3) is 0 Å². The fourth-order valence-corrected chi connectivity index (χ4v) is 0.576. The van der Waals surface area contributed by atoms with Crippen molar-refractivity contribution in [1.29, 1.82) is 0 Å². The zero-order valence-electron chi connectivity index (χ0n) is 5.56. The standard InChI is InChI=1S/C6H12O4/c7-2-1-5(4-8)3-6(9)10/h1,6-10H,2-4H2. The van der Waals surface area contributed by atoms with Crippen LogP contribution in [0.5, 0.6) is 0 Å². The highest BCUT2D eigenvalue weighted by Gasteiger charge is 2.00. The molecule has 0 saturated carbocycles. The number of hydrogen-bond donors (Lipinski definition) is 4. The van der Waals surface area contributed by atoms with Crippen molar-refractivity contribution >= 4 is 0 Å². The summed E-state index contributed by atoms with van der Waals surface area (Å²) in [6.07, 6.45) is -0.124. The third-order valence-corrected chi connectivity index (χ3v) is 1.03. The molecule has 0 aliphatic rings. The first kappa shape index (κ1) is 9.58. The fraction of sp³-hybridized carbons (Fsp3) is 0.667. The first-order valence-corrected chi connectivity index (χ1v) is 2.96. The topological polar surface area (TPSA) is 80.9 Å². The van der Waals surface area contributed by atoms with Crippen molar-refractivity contribution in [2.75, 3.05) is 13.2 Å². The molecule has 4 nitrogen and oxygen atoms in total. The molecule has 0 aromatic heterocycles. The van der Waals surface area contributed by atoms with E-state index in [9.17, 15) is 0 Å². The minimum absolute atomic E-state index is 0.0168. The monoisotopic (exact) mass is 148 g/mol. The van der Waals surface area contributed by atoms with Gasteiger partial charge in [-0.05, 0) is 5.57 Å². The van der Waals surface area contributed by atoms with Crippen molar-refractivity contribution in [2.45, 2.75) is 12.7 Å². The molecule has 4 heteroatoms. The highest BCUT2D eigenvalue weighted by molar-refractivity contribution is 5.02. The Kier molecular flexibility index (Phi) is 5.15. The minimum atomic E-state index is -1.45. The van der Waals surface area contributed by atoms with Crippen LogP contribution >= 0.6 is 0 Å². The van der Waals surface area contributed by atoms with Gasteiger partial charge in [0.1, 0.15) is 0 Å². The van der Waals surface area contributed by atoms with E-state index in [1.165, 1.54) is 6.08 Å². The van der Waals surface area contributed by atoms with Gasteiger partial charge in [-0.25, -0.2) is 0 Å². The molecular formula is C6H12O4. The lowest BCUT2D eigenvalue weighted by atomic mass is 10.2. The van der Waals surface area contributed by atoms with E-state index in [-0.39, 0.29) is 19.6 Å². The largest absolute Gasteiger partial charge is 0.392 e. The summed E-state index contributed by atoms with van der Waals surface area (Å²) in [5.74, 6) is 0. The van der Waals surface area contributed by atoms with Gasteiger partial charge in [-0.2, -0.15) is 0 Å². The van der Waals surface area contributed by atoms with Gasteiger partial charge in [0.05, 0.1) is 13.2 Å². The predicted octanol–water partition coefficient (Wildman–Crippen LogP) is -1.40. The molecule has 0 aromatic carbocycles. The Morgan fingerprint density at radius 1 is 1.30 bits per heavy atom. The molecular weight excluding hydrogens is 136 g/mol. The summed E-state index contributed by atoms with van der Waals surface area (Å²) in [4.78, 5) is 0. The van der Waals surface area contributed by atoms with Crippen molar-refractivity contribution in [1.82, 2.24) is 0 Å². The molecule has 0 heterocycles. The summed E-state index contributed by atoms with van der Waals surface area (Å²) in [7, 11) is 0. The van der Waals surface area contributed by atoms with Crippen LogP contribution in [0.25, 0.3) is 0 Å². The first-order valence-electron chi connectivity index (χ1n) is 2.96. The Labute approximate surface area is 59.1 Å². The molecule has 0 radical (unpaired) electrons. The number of aliphatic hydroxyl groups excluding tert-OH is 3. The third kappa shape index (κ3) is 4.46. The van der Waals surface area contributed by atoms with Crippen LogP contribution in [-0.2, 0) is 0 Å². The number of aliphatic hydroxyl groups is 4. The normalized spacial score (nSPS) is 12.7. The van der Waals surface area contributed by atoms with Gasteiger partial charge in [-0.1, -0.05) is 6.08 Å². The van der Waals surface area contributed by atoms with Gasteiger partial charge >= 0.3 is 0 Å². The van der Waals surface area contributed by atoms with Crippen LogP contribution in [0.4, 0.5) is 0 Å². The van der Waals surface area contributed by atoms with E-state index in [1.807, 2.05) is 0 Å². The zero-order valence-corrected chi connectivity index (χ0v) is 5.56. The van der Waals surface area contributed by atoms with E-state index in [0.717, 1.165) is 0 Å². The Morgan fingerprint density at radius 2 is 1.90 bits per heavy atom. The van der Waals surface area contributed by atoms with Gasteiger partial charge in [0.15, 0.2) is 6.29 Å². The molecule has 0 unspecified atom stereocenters. The molecule has 60 valence electrons. The summed E-state index contributed by atoms with van der Waals surface area (Å²) in [5.41, 5.74) is 0.428. The summed E-state index contributed by atoms with van der Waals surface area (Å²) >= 11 is 0. The number of rotatable bonds is 4. The van der Waals surface area contributed by atoms with Crippen LogP contribution in [0.15, 0.2) is 11.6 Å². The van der Waals surface area contributed by atoms with Crippen molar-refractivity contribution in [3.63, 3.8) is 0 Å². The van der Waals surface area contributed by atoms with Crippen LogP contribution in [0.3, 0.4) is 0 Å². The average Bonchev–Trinajstić information content (AvgIpc) is 1.86. The molecule has 0 spiro atoms. The highest BCUT2D eigenvalue weighted by atomic mass is 16.5. The molecule has 0 aliphatic heterocycles. The van der Waals surface area contributed by atoms with Gasteiger partial charge < -0.3 is 20.4 Å². The van der Waals surface area contributed by atoms with Crippen LogP contribution < -0.4 is 0 Å². The van der Waals surface area contributed by atoms with Gasteiger partial charge in [0, 0.05) is 6.42 Å². The smallest absolute Gasteiger partial charge is 0.155 e. The molecule has 0 fully saturated rings. The van der Waals surface area contributed by atoms with Crippen LogP contribution in [0, 0.1) is 0 Å². The lowest BCUT2D eigenvalue weighted by Crippen LogP contribution is -2.07. The lowest BCUT2D eigenvalue weighted by molar-refractivity contribution is -0.0395. The maximum absolute atomic E-state index is 8.50. The van der Waals surface area contributed by atoms with Crippen molar-refractivity contribution < 1.29 is 20.4 Å². The highest BCUT2D eigenvalue weighted by Crippen LogP contribution is 2.01. The van der Waals surface area contributed by atoms with Crippen LogP contribution in [0.1, 0.15) is 6.42 Å². The SMILES string of the molecule is OCC=C(CO)CC(O)O. The zero-order chi connectivity index (χ0) is 7.98. The summed E-state index contributed by atoms with van der Waals surface area (Å²) in [5, 5.41) is 33.6. The van der Waals surface area contributed by atoms with E-state index in [1.54, 1.807) is 0 Å². The minimum Gasteiger partial charge on any atom is -0.392 e. The van der Waals surface area contributed by atoms with Crippen LogP contribution in [0.2, 0.25) is 0 Å². The van der Waals surface area contributed by atoms with Gasteiger partial charge in [-0.3, -0.25) is 0 Å². The number of hydrogen-bond acceptors (Lipinski definition) is 4. The van der Waals surface area contributed by atoms with Crippen molar-refractivity contribution in [2.24, 2.45) is 0 Å². The van der Waals surface area contributed by atoms with E-state index >= 15 is 0 Å². The summed E-state index contributed by atoms with van der Waals surface area (Å²) in [6, 6.07) is 0. The summed E-state index contributed by atoms with van der Waals surface area (Å²) < 4.78 is 0. The van der Waals surface area contributed by atoms with E-state index in [2.05, 4.69) is 0 Å². The van der Waals surface area contributed by atoms with E-state index in [4.69, 9.17) is 20.4 Å². The second kappa shape index (κ2) is 5.37. The van der Waals surface area contributed by atoms with E-state index < -0.39 is 6.29 Å². The Morgan fingerprint density at radius 3 is 2.20 bits per heavy atom. The molecule has 0 amide bonds.